The highest BCUT2D eigenvalue weighted by Crippen LogP contribution is 2.23. The molecule has 16 heavy (non-hydrogen) atoms. The van der Waals surface area contributed by atoms with Gasteiger partial charge in [-0.25, -0.2) is 0 Å². The Balaban J connectivity index is 2.35. The highest BCUT2D eigenvalue weighted by molar-refractivity contribution is 5.66. The fourth-order valence-electron chi connectivity index (χ4n) is 1.84. The van der Waals surface area contributed by atoms with Crippen molar-refractivity contribution < 1.29 is 0 Å². The van der Waals surface area contributed by atoms with Crippen LogP contribution in [0.5, 0.6) is 0 Å². The van der Waals surface area contributed by atoms with Gasteiger partial charge in [0, 0.05) is 12.2 Å². The molecule has 2 rings (SSSR count). The molecule has 0 aliphatic carbocycles. The van der Waals surface area contributed by atoms with E-state index in [1.165, 1.54) is 11.3 Å². The first-order valence-electron chi connectivity index (χ1n) is 5.22. The molecular formula is C13H11N3. The van der Waals surface area contributed by atoms with Crippen LogP contribution in [0.15, 0.2) is 23.8 Å². The van der Waals surface area contributed by atoms with E-state index in [2.05, 4.69) is 5.32 Å². The average molecular weight is 209 g/mol. The molecule has 0 amide bonds. The van der Waals surface area contributed by atoms with E-state index in [1.54, 1.807) is 6.08 Å². The molecule has 0 atom stereocenters. The number of nitriles is 2. The summed E-state index contributed by atoms with van der Waals surface area (Å²) in [5.41, 5.74) is 3.48. The lowest BCUT2D eigenvalue weighted by Crippen LogP contribution is -2.11. The predicted octanol–water partition coefficient (Wildman–Crippen LogP) is 2.48. The molecule has 0 bridgehead atoms. The van der Waals surface area contributed by atoms with Crippen LogP contribution in [-0.4, -0.2) is 6.54 Å². The van der Waals surface area contributed by atoms with Crippen molar-refractivity contribution in [1.82, 2.24) is 0 Å². The number of fused-ring (bicyclic) bond motifs is 1. The molecule has 1 heterocycles. The van der Waals surface area contributed by atoms with Gasteiger partial charge in [-0.15, -0.1) is 0 Å². The fourth-order valence-corrected chi connectivity index (χ4v) is 1.84. The Morgan fingerprint density at radius 2 is 2.12 bits per heavy atom. The number of nitrogens with one attached hydrogen (secondary N) is 1. The molecule has 0 aromatic heterocycles. The van der Waals surface area contributed by atoms with Crippen LogP contribution in [0.1, 0.15) is 17.5 Å². The van der Waals surface area contributed by atoms with E-state index in [9.17, 15) is 0 Å². The van der Waals surface area contributed by atoms with E-state index in [1.807, 2.05) is 30.3 Å². The molecule has 0 radical (unpaired) electrons. The molecule has 0 spiro atoms. The van der Waals surface area contributed by atoms with Crippen LogP contribution in [0.25, 0.3) is 6.08 Å². The van der Waals surface area contributed by atoms with Crippen molar-refractivity contribution >= 4 is 11.8 Å². The second-order valence-corrected chi connectivity index (χ2v) is 3.73. The second kappa shape index (κ2) is 4.51. The third kappa shape index (κ3) is 2.04. The Kier molecular flexibility index (Phi) is 2.89. The van der Waals surface area contributed by atoms with E-state index in [-0.39, 0.29) is 5.57 Å². The van der Waals surface area contributed by atoms with Gasteiger partial charge in [0.05, 0.1) is 0 Å². The Bertz CT molecular complexity index is 499. The lowest BCUT2D eigenvalue weighted by molar-refractivity contribution is 0.830. The van der Waals surface area contributed by atoms with Gasteiger partial charge in [-0.1, -0.05) is 6.07 Å². The maximum Gasteiger partial charge on any atom is 0.130 e. The summed E-state index contributed by atoms with van der Waals surface area (Å²) in [5.74, 6) is 0. The third-order valence-electron chi connectivity index (χ3n) is 2.62. The first-order chi connectivity index (χ1) is 7.83. The summed E-state index contributed by atoms with van der Waals surface area (Å²) in [7, 11) is 0. The van der Waals surface area contributed by atoms with Gasteiger partial charge in [-0.05, 0) is 42.2 Å². The minimum absolute atomic E-state index is 0.142. The molecule has 78 valence electrons. The zero-order valence-corrected chi connectivity index (χ0v) is 8.83. The number of anilines is 1. The number of benzene rings is 1. The van der Waals surface area contributed by atoms with Crippen LogP contribution >= 0.6 is 0 Å². The Morgan fingerprint density at radius 3 is 2.88 bits per heavy atom. The molecule has 1 aliphatic heterocycles. The van der Waals surface area contributed by atoms with Gasteiger partial charge >= 0.3 is 0 Å². The summed E-state index contributed by atoms with van der Waals surface area (Å²) < 4.78 is 0. The molecular weight excluding hydrogens is 198 g/mol. The maximum atomic E-state index is 8.67. The van der Waals surface area contributed by atoms with Gasteiger partial charge in [0.25, 0.3) is 0 Å². The quantitative estimate of drug-likeness (QED) is 0.723. The number of hydrogen-bond donors (Lipinski definition) is 1. The summed E-state index contributed by atoms with van der Waals surface area (Å²) in [4.78, 5) is 0. The lowest BCUT2D eigenvalue weighted by Gasteiger charge is -2.17. The summed E-state index contributed by atoms with van der Waals surface area (Å²) in [6, 6.07) is 9.70. The summed E-state index contributed by atoms with van der Waals surface area (Å²) in [6.45, 7) is 1.02. The Hall–Kier alpha value is -2.26. The van der Waals surface area contributed by atoms with Crippen molar-refractivity contribution in [2.45, 2.75) is 12.8 Å². The van der Waals surface area contributed by atoms with E-state index in [0.717, 1.165) is 24.9 Å². The zero-order valence-electron chi connectivity index (χ0n) is 8.83. The zero-order chi connectivity index (χ0) is 11.4. The Morgan fingerprint density at radius 1 is 1.31 bits per heavy atom. The standard InChI is InChI=1S/C13H11N3/c14-8-11(9-15)6-10-3-4-13-12(7-10)2-1-5-16-13/h3-4,6-7,16H,1-2,5H2. The highest BCUT2D eigenvalue weighted by Gasteiger charge is 2.08. The summed E-state index contributed by atoms with van der Waals surface area (Å²) >= 11 is 0. The topological polar surface area (TPSA) is 59.6 Å². The first-order valence-corrected chi connectivity index (χ1v) is 5.22. The number of allylic oxidation sites excluding steroid dienone is 1. The first kappa shape index (κ1) is 10.3. The normalized spacial score (nSPS) is 12.6. The van der Waals surface area contributed by atoms with Gasteiger partial charge in [-0.3, -0.25) is 0 Å². The van der Waals surface area contributed by atoms with Gasteiger partial charge in [-0.2, -0.15) is 10.5 Å². The summed E-state index contributed by atoms with van der Waals surface area (Å²) in [5, 5.41) is 20.7. The number of aryl methyl sites for hydroxylation is 1. The fraction of sp³-hybridized carbons (Fsp3) is 0.231. The van der Waals surface area contributed by atoms with Gasteiger partial charge in [0.2, 0.25) is 0 Å². The van der Waals surface area contributed by atoms with Crippen LogP contribution in [0, 0.1) is 22.7 Å². The molecule has 1 aliphatic rings. The smallest absolute Gasteiger partial charge is 0.130 e. The SMILES string of the molecule is N#CC(C#N)=Cc1ccc2c(c1)CCCN2. The molecule has 0 unspecified atom stereocenters. The van der Waals surface area contributed by atoms with Crippen LogP contribution < -0.4 is 5.32 Å². The second-order valence-electron chi connectivity index (χ2n) is 3.73. The highest BCUT2D eigenvalue weighted by atomic mass is 14.9. The van der Waals surface area contributed by atoms with Gasteiger partial charge in [0.15, 0.2) is 0 Å². The number of rotatable bonds is 1. The maximum absolute atomic E-state index is 8.67. The molecule has 0 saturated heterocycles. The third-order valence-corrected chi connectivity index (χ3v) is 2.62. The Labute approximate surface area is 94.6 Å². The van der Waals surface area contributed by atoms with Crippen molar-refractivity contribution in [1.29, 1.82) is 10.5 Å². The predicted molar refractivity (Wildman–Crippen MR) is 62.5 cm³/mol. The van der Waals surface area contributed by atoms with Crippen molar-refractivity contribution in [3.05, 3.63) is 34.9 Å². The number of nitrogens with zero attached hydrogens (tertiary/aromatic N) is 2. The van der Waals surface area contributed by atoms with Crippen LogP contribution in [0.2, 0.25) is 0 Å². The molecule has 1 aromatic rings. The van der Waals surface area contributed by atoms with Crippen LogP contribution in [0.3, 0.4) is 0 Å². The average Bonchev–Trinajstić information content (AvgIpc) is 2.35. The number of hydrogen-bond acceptors (Lipinski definition) is 3. The van der Waals surface area contributed by atoms with E-state index >= 15 is 0 Å². The molecule has 0 fully saturated rings. The van der Waals surface area contributed by atoms with Crippen molar-refractivity contribution in [3.8, 4) is 12.1 Å². The molecule has 3 heteroatoms. The summed E-state index contributed by atoms with van der Waals surface area (Å²) in [6.07, 6.45) is 3.80. The van der Waals surface area contributed by atoms with E-state index in [4.69, 9.17) is 10.5 Å². The molecule has 1 aromatic carbocycles. The largest absolute Gasteiger partial charge is 0.385 e. The van der Waals surface area contributed by atoms with Crippen LogP contribution in [-0.2, 0) is 6.42 Å². The lowest BCUT2D eigenvalue weighted by atomic mass is 10.00. The minimum Gasteiger partial charge on any atom is -0.385 e. The van der Waals surface area contributed by atoms with Crippen molar-refractivity contribution in [2.24, 2.45) is 0 Å². The van der Waals surface area contributed by atoms with Crippen molar-refractivity contribution in [3.63, 3.8) is 0 Å². The molecule has 3 nitrogen and oxygen atoms in total. The monoisotopic (exact) mass is 209 g/mol. The molecule has 1 N–H and O–H groups in total. The van der Waals surface area contributed by atoms with Crippen molar-refractivity contribution in [2.75, 3.05) is 11.9 Å². The minimum atomic E-state index is 0.142. The van der Waals surface area contributed by atoms with E-state index < -0.39 is 0 Å². The molecule has 0 saturated carbocycles. The van der Waals surface area contributed by atoms with Gasteiger partial charge < -0.3 is 5.32 Å². The van der Waals surface area contributed by atoms with Crippen LogP contribution in [0.4, 0.5) is 5.69 Å². The van der Waals surface area contributed by atoms with Gasteiger partial charge in [0.1, 0.15) is 17.7 Å². The van der Waals surface area contributed by atoms with E-state index in [0.29, 0.717) is 0 Å².